The van der Waals surface area contributed by atoms with Crippen LogP contribution < -0.4 is 10.1 Å². The average molecular weight is 445 g/mol. The second kappa shape index (κ2) is 9.70. The minimum atomic E-state index is -0.562. The highest BCUT2D eigenvalue weighted by Crippen LogP contribution is 2.37. The number of anilines is 1. The number of aromatic nitrogens is 1. The molecule has 2 heterocycles. The van der Waals surface area contributed by atoms with Crippen molar-refractivity contribution in [2.24, 2.45) is 5.92 Å². The predicted molar refractivity (Wildman–Crippen MR) is 123 cm³/mol. The number of hydrogen-bond donors (Lipinski definition) is 1. The lowest BCUT2D eigenvalue weighted by Crippen LogP contribution is -2.42. The van der Waals surface area contributed by atoms with Crippen molar-refractivity contribution in [3.8, 4) is 11.8 Å². The van der Waals surface area contributed by atoms with E-state index in [9.17, 15) is 9.18 Å². The number of nitrogens with one attached hydrogen (secondary N) is 1. The van der Waals surface area contributed by atoms with Gasteiger partial charge in [0.05, 0.1) is 11.6 Å². The molecule has 1 aliphatic heterocycles. The first-order valence-electron chi connectivity index (χ1n) is 10.9. The van der Waals surface area contributed by atoms with E-state index in [1.807, 2.05) is 35.2 Å². The van der Waals surface area contributed by atoms with Crippen LogP contribution in [0.3, 0.4) is 0 Å². The lowest BCUT2D eigenvalue weighted by molar-refractivity contribution is 0.0616. The Labute approximate surface area is 192 Å². The minimum absolute atomic E-state index is 0.0128. The zero-order chi connectivity index (χ0) is 23.4. The fourth-order valence-corrected chi connectivity index (χ4v) is 4.10. The number of pyridine rings is 1. The number of nitriles is 1. The Morgan fingerprint density at radius 2 is 2.09 bits per heavy atom. The second-order valence-corrected chi connectivity index (χ2v) is 8.41. The van der Waals surface area contributed by atoms with Crippen LogP contribution in [0.4, 0.5) is 10.1 Å². The van der Waals surface area contributed by atoms with E-state index in [1.54, 1.807) is 24.5 Å². The van der Waals surface area contributed by atoms with Gasteiger partial charge in [-0.2, -0.15) is 5.26 Å². The largest absolute Gasteiger partial charge is 0.473 e. The third kappa shape index (κ3) is 4.80. The Morgan fingerprint density at radius 3 is 2.88 bits per heavy atom. The molecule has 0 aliphatic carbocycles. The van der Waals surface area contributed by atoms with Crippen LogP contribution in [0.15, 0.2) is 60.9 Å². The fraction of sp³-hybridized carbons (Fsp3) is 0.269. The Hall–Kier alpha value is -3.92. The summed E-state index contributed by atoms with van der Waals surface area (Å²) in [6.45, 7) is 4.91. The van der Waals surface area contributed by atoms with Gasteiger partial charge in [-0.05, 0) is 48.2 Å². The molecule has 0 bridgehead atoms. The first-order chi connectivity index (χ1) is 16.0. The van der Waals surface area contributed by atoms with Gasteiger partial charge in [0.25, 0.3) is 5.91 Å². The van der Waals surface area contributed by atoms with E-state index in [0.29, 0.717) is 30.3 Å². The molecule has 168 valence electrons. The lowest BCUT2D eigenvalue weighted by atomic mass is 9.89. The van der Waals surface area contributed by atoms with E-state index in [1.165, 1.54) is 12.1 Å². The van der Waals surface area contributed by atoms with E-state index in [4.69, 9.17) is 10.00 Å². The van der Waals surface area contributed by atoms with Crippen LogP contribution in [-0.2, 0) is 6.42 Å². The molecule has 1 amide bonds. The van der Waals surface area contributed by atoms with Gasteiger partial charge >= 0.3 is 0 Å². The predicted octanol–water partition coefficient (Wildman–Crippen LogP) is 4.94. The molecular formula is C26H25FN4O2. The van der Waals surface area contributed by atoms with Crippen LogP contribution in [0, 0.1) is 23.1 Å². The number of benzene rings is 2. The standard InChI is InChI=1S/C26H25FN4O2/c1-17(2)15-31-24(12-18-5-3-4-6-21(18)26(31)32)22-14-29-10-9-25(22)33-16-30-20-7-8-23(27)19(11-20)13-28/h3-11,14,17,24,30H,12,15-16H2,1-2H3/t24-/m0/s1. The molecule has 1 atom stereocenters. The maximum Gasteiger partial charge on any atom is 0.254 e. The molecule has 1 aliphatic rings. The molecule has 0 radical (unpaired) electrons. The van der Waals surface area contributed by atoms with Crippen molar-refractivity contribution in [2.75, 3.05) is 18.6 Å². The normalized spacial score (nSPS) is 15.2. The summed E-state index contributed by atoms with van der Waals surface area (Å²) < 4.78 is 19.6. The zero-order valence-electron chi connectivity index (χ0n) is 18.6. The van der Waals surface area contributed by atoms with Crippen LogP contribution >= 0.6 is 0 Å². The SMILES string of the molecule is CC(C)CN1C(=O)c2ccccc2C[C@H]1c1cnccc1OCNc1ccc(F)c(C#N)c1. The number of rotatable bonds is 7. The summed E-state index contributed by atoms with van der Waals surface area (Å²) in [5, 5.41) is 12.1. The Kier molecular flexibility index (Phi) is 6.55. The van der Waals surface area contributed by atoms with Gasteiger partial charge in [-0.3, -0.25) is 9.78 Å². The summed E-state index contributed by atoms with van der Waals surface area (Å²) in [7, 11) is 0. The molecule has 3 aromatic rings. The summed E-state index contributed by atoms with van der Waals surface area (Å²) in [6, 6.07) is 15.3. The van der Waals surface area contributed by atoms with Crippen molar-refractivity contribution in [1.29, 1.82) is 5.26 Å². The topological polar surface area (TPSA) is 78.2 Å². The number of amides is 1. The first-order valence-corrected chi connectivity index (χ1v) is 10.9. The molecule has 1 N–H and O–H groups in total. The Balaban J connectivity index is 1.58. The average Bonchev–Trinajstić information content (AvgIpc) is 2.82. The molecule has 33 heavy (non-hydrogen) atoms. The molecule has 0 unspecified atom stereocenters. The Bertz CT molecular complexity index is 1200. The van der Waals surface area contributed by atoms with Gasteiger partial charge < -0.3 is 15.0 Å². The molecule has 0 spiro atoms. The molecular weight excluding hydrogens is 419 g/mol. The number of hydrogen-bond acceptors (Lipinski definition) is 5. The van der Waals surface area contributed by atoms with Crippen LogP contribution in [0.1, 0.15) is 46.9 Å². The van der Waals surface area contributed by atoms with Crippen LogP contribution in [0.25, 0.3) is 0 Å². The number of nitrogens with zero attached hydrogens (tertiary/aromatic N) is 3. The van der Waals surface area contributed by atoms with E-state index in [-0.39, 0.29) is 24.2 Å². The third-order valence-electron chi connectivity index (χ3n) is 5.62. The third-order valence-corrected chi connectivity index (χ3v) is 5.62. The Morgan fingerprint density at radius 1 is 1.27 bits per heavy atom. The quantitative estimate of drug-likeness (QED) is 0.523. The molecule has 0 saturated carbocycles. The summed E-state index contributed by atoms with van der Waals surface area (Å²) >= 11 is 0. The van der Waals surface area contributed by atoms with Crippen molar-refractivity contribution >= 4 is 11.6 Å². The summed E-state index contributed by atoms with van der Waals surface area (Å²) in [5.74, 6) is 0.370. The number of carbonyl (C=O) groups is 1. The molecule has 0 fully saturated rings. The highest BCUT2D eigenvalue weighted by Gasteiger charge is 2.35. The van der Waals surface area contributed by atoms with E-state index in [0.717, 1.165) is 16.7 Å². The molecule has 4 rings (SSSR count). The van der Waals surface area contributed by atoms with Gasteiger partial charge in [-0.25, -0.2) is 4.39 Å². The van der Waals surface area contributed by atoms with Crippen molar-refractivity contribution < 1.29 is 13.9 Å². The van der Waals surface area contributed by atoms with Crippen molar-refractivity contribution in [3.05, 3.63) is 89.0 Å². The van der Waals surface area contributed by atoms with Crippen molar-refractivity contribution in [2.45, 2.75) is 26.3 Å². The summed E-state index contributed by atoms with van der Waals surface area (Å²) in [4.78, 5) is 19.5. The molecule has 0 saturated heterocycles. The van der Waals surface area contributed by atoms with E-state index < -0.39 is 5.82 Å². The fourth-order valence-electron chi connectivity index (χ4n) is 4.10. The molecule has 7 heteroatoms. The summed E-state index contributed by atoms with van der Waals surface area (Å²) in [5.41, 5.74) is 3.13. The summed E-state index contributed by atoms with van der Waals surface area (Å²) in [6.07, 6.45) is 4.07. The van der Waals surface area contributed by atoms with E-state index in [2.05, 4.69) is 24.1 Å². The first kappa shape index (κ1) is 22.3. The van der Waals surface area contributed by atoms with E-state index >= 15 is 0 Å². The number of ether oxygens (including phenoxy) is 1. The van der Waals surface area contributed by atoms with Gasteiger partial charge in [0.2, 0.25) is 0 Å². The van der Waals surface area contributed by atoms with Gasteiger partial charge in [-0.15, -0.1) is 0 Å². The number of carbonyl (C=O) groups excluding carboxylic acids is 1. The van der Waals surface area contributed by atoms with Gasteiger partial charge in [-0.1, -0.05) is 32.0 Å². The van der Waals surface area contributed by atoms with Crippen molar-refractivity contribution in [1.82, 2.24) is 9.88 Å². The number of fused-ring (bicyclic) bond motifs is 1. The van der Waals surface area contributed by atoms with Crippen LogP contribution in [-0.4, -0.2) is 29.1 Å². The maximum absolute atomic E-state index is 13.6. The second-order valence-electron chi connectivity index (χ2n) is 8.41. The van der Waals surface area contributed by atoms with Gasteiger partial charge in [0.1, 0.15) is 17.6 Å². The molecule has 6 nitrogen and oxygen atoms in total. The smallest absolute Gasteiger partial charge is 0.254 e. The van der Waals surface area contributed by atoms with Gasteiger partial charge in [0, 0.05) is 35.8 Å². The maximum atomic E-state index is 13.6. The van der Waals surface area contributed by atoms with Crippen LogP contribution in [0.5, 0.6) is 5.75 Å². The van der Waals surface area contributed by atoms with Gasteiger partial charge in [0.15, 0.2) is 6.73 Å². The monoisotopic (exact) mass is 444 g/mol. The highest BCUT2D eigenvalue weighted by molar-refractivity contribution is 5.97. The zero-order valence-corrected chi connectivity index (χ0v) is 18.6. The minimum Gasteiger partial charge on any atom is -0.473 e. The number of halogens is 1. The highest BCUT2D eigenvalue weighted by atomic mass is 19.1. The van der Waals surface area contributed by atoms with Crippen molar-refractivity contribution in [3.63, 3.8) is 0 Å². The lowest BCUT2D eigenvalue weighted by Gasteiger charge is -2.38. The molecule has 1 aromatic heterocycles. The van der Waals surface area contributed by atoms with Crippen LogP contribution in [0.2, 0.25) is 0 Å². The molecule has 2 aromatic carbocycles.